The van der Waals surface area contributed by atoms with Gasteiger partial charge in [0.15, 0.2) is 6.10 Å². The number of quaternary nitrogens is 1. The molecule has 8 nitrogen and oxygen atoms in total. The number of esters is 2. The molecule has 0 rings (SSSR count). The lowest BCUT2D eigenvalue weighted by molar-refractivity contribution is -0.889. The number of hydrogen-bond acceptors (Lipinski definition) is 7. The topological polar surface area (TPSA) is 102 Å². The minimum Gasteiger partial charge on any atom is -0.544 e. The van der Waals surface area contributed by atoms with E-state index in [9.17, 15) is 19.5 Å². The molecule has 324 valence electrons. The Bertz CT molecular complexity index is 1060. The number of unbranched alkanes of at least 4 members (excludes halogenated alkanes) is 18. The minimum absolute atomic E-state index is 0.0401. The first-order valence-electron chi connectivity index (χ1n) is 22.7. The van der Waals surface area contributed by atoms with Gasteiger partial charge in [0.25, 0.3) is 0 Å². The Balaban J connectivity index is 4.22. The van der Waals surface area contributed by atoms with E-state index >= 15 is 0 Å². The summed E-state index contributed by atoms with van der Waals surface area (Å²) in [5, 5.41) is 11.6. The SMILES string of the molecule is CC/C=C/C/C=C/C/C=C/C/C=C/CCCCCCCCCCCC(=O)OCC(COCCC(C(=O)[O-])[N+](C)(C)C)OC(=O)CCCCCCCCCCCC. The van der Waals surface area contributed by atoms with Crippen LogP contribution in [0.3, 0.4) is 0 Å². The van der Waals surface area contributed by atoms with Crippen molar-refractivity contribution in [2.24, 2.45) is 0 Å². The fourth-order valence-electron chi connectivity index (χ4n) is 6.47. The number of hydrogen-bond donors (Lipinski definition) is 0. The molecule has 0 aliphatic carbocycles. The van der Waals surface area contributed by atoms with Crippen LogP contribution >= 0.6 is 0 Å². The van der Waals surface area contributed by atoms with Gasteiger partial charge in [-0.3, -0.25) is 9.59 Å². The molecular formula is C48H85NO7. The van der Waals surface area contributed by atoms with Crippen LogP contribution in [0.5, 0.6) is 0 Å². The van der Waals surface area contributed by atoms with Crippen LogP contribution in [0, 0.1) is 0 Å². The predicted octanol–water partition coefficient (Wildman–Crippen LogP) is 11.1. The smallest absolute Gasteiger partial charge is 0.306 e. The Kier molecular flexibility index (Phi) is 37.2. The number of aliphatic carboxylic acids is 1. The van der Waals surface area contributed by atoms with Crippen molar-refractivity contribution in [3.05, 3.63) is 48.6 Å². The van der Waals surface area contributed by atoms with Crippen molar-refractivity contribution in [3.63, 3.8) is 0 Å². The highest BCUT2D eigenvalue weighted by atomic mass is 16.6. The number of nitrogens with zero attached hydrogens (tertiary/aromatic N) is 1. The Hall–Kier alpha value is -2.71. The summed E-state index contributed by atoms with van der Waals surface area (Å²) in [7, 11) is 5.40. The first-order valence-corrected chi connectivity index (χ1v) is 22.7. The fourth-order valence-corrected chi connectivity index (χ4v) is 6.47. The summed E-state index contributed by atoms with van der Waals surface area (Å²) >= 11 is 0. The highest BCUT2D eigenvalue weighted by Crippen LogP contribution is 2.14. The van der Waals surface area contributed by atoms with E-state index in [1.165, 1.54) is 83.5 Å². The van der Waals surface area contributed by atoms with Crippen molar-refractivity contribution in [1.29, 1.82) is 0 Å². The first kappa shape index (κ1) is 53.3. The van der Waals surface area contributed by atoms with Crippen molar-refractivity contribution >= 4 is 17.9 Å². The molecule has 0 fully saturated rings. The van der Waals surface area contributed by atoms with Crippen molar-refractivity contribution in [2.45, 2.75) is 199 Å². The zero-order chi connectivity index (χ0) is 41.4. The molecule has 2 atom stereocenters. The highest BCUT2D eigenvalue weighted by Gasteiger charge is 2.25. The number of carbonyl (C=O) groups is 3. The van der Waals surface area contributed by atoms with Gasteiger partial charge in [0.05, 0.1) is 40.3 Å². The van der Waals surface area contributed by atoms with Crippen molar-refractivity contribution in [2.75, 3.05) is 41.0 Å². The number of rotatable bonds is 40. The largest absolute Gasteiger partial charge is 0.544 e. The van der Waals surface area contributed by atoms with E-state index in [2.05, 4.69) is 62.5 Å². The number of ether oxygens (including phenoxy) is 3. The van der Waals surface area contributed by atoms with Crippen LogP contribution in [0.4, 0.5) is 0 Å². The summed E-state index contributed by atoms with van der Waals surface area (Å²) in [4.78, 5) is 36.8. The third-order valence-electron chi connectivity index (χ3n) is 9.98. The monoisotopic (exact) mass is 788 g/mol. The summed E-state index contributed by atoms with van der Waals surface area (Å²) < 4.78 is 17.1. The Labute approximate surface area is 344 Å². The van der Waals surface area contributed by atoms with Gasteiger partial charge < -0.3 is 28.6 Å². The number of carboxylic acids is 1. The molecule has 0 N–H and O–H groups in total. The normalized spacial score (nSPS) is 13.4. The lowest BCUT2D eigenvalue weighted by atomic mass is 10.1. The number of carbonyl (C=O) groups excluding carboxylic acids is 3. The molecule has 0 aromatic heterocycles. The molecule has 0 radical (unpaired) electrons. The molecular weight excluding hydrogens is 703 g/mol. The van der Waals surface area contributed by atoms with Gasteiger partial charge >= 0.3 is 11.9 Å². The molecule has 0 saturated carbocycles. The zero-order valence-electron chi connectivity index (χ0n) is 36.8. The Morgan fingerprint density at radius 3 is 1.48 bits per heavy atom. The second kappa shape index (κ2) is 39.1. The molecule has 0 aliphatic heterocycles. The van der Waals surface area contributed by atoms with Gasteiger partial charge in [-0.05, 0) is 51.4 Å². The van der Waals surface area contributed by atoms with Crippen molar-refractivity contribution in [1.82, 2.24) is 0 Å². The molecule has 0 bridgehead atoms. The van der Waals surface area contributed by atoms with Crippen LogP contribution in [-0.2, 0) is 28.6 Å². The van der Waals surface area contributed by atoms with E-state index in [4.69, 9.17) is 14.2 Å². The molecule has 0 aromatic carbocycles. The van der Waals surface area contributed by atoms with Gasteiger partial charge in [-0.15, -0.1) is 0 Å². The number of carboxylic acid groups (broad SMARTS) is 1. The molecule has 0 aromatic rings. The second-order valence-corrected chi connectivity index (χ2v) is 16.3. The maximum absolute atomic E-state index is 12.7. The van der Waals surface area contributed by atoms with E-state index in [0.717, 1.165) is 70.6 Å². The predicted molar refractivity (Wildman–Crippen MR) is 231 cm³/mol. The summed E-state index contributed by atoms with van der Waals surface area (Å²) in [6, 6.07) is -0.725. The average Bonchev–Trinajstić information content (AvgIpc) is 3.15. The van der Waals surface area contributed by atoms with Gasteiger partial charge in [0.1, 0.15) is 12.6 Å². The maximum atomic E-state index is 12.7. The number of allylic oxidation sites excluding steroid dienone is 8. The van der Waals surface area contributed by atoms with E-state index in [1.807, 2.05) is 0 Å². The molecule has 0 spiro atoms. The standard InChI is InChI=1S/C48H85NO7/c1-6-8-10-12-14-16-18-19-20-21-22-23-24-25-26-27-28-29-31-32-34-36-38-46(50)55-43-44(42-54-41-40-45(48(52)53)49(3,4)5)56-47(51)39-37-35-33-30-17-15-13-11-9-7-2/h8,10,14,16,19-20,22-23,44-45H,6-7,9,11-13,15,17-18,21,24-43H2,1-5H3/b10-8+,16-14+,20-19+,23-22+. The van der Waals surface area contributed by atoms with Crippen LogP contribution in [0.25, 0.3) is 0 Å². The zero-order valence-corrected chi connectivity index (χ0v) is 36.8. The Morgan fingerprint density at radius 2 is 1.00 bits per heavy atom. The maximum Gasteiger partial charge on any atom is 0.306 e. The van der Waals surface area contributed by atoms with Crippen LogP contribution in [-0.4, -0.2) is 75.5 Å². The third kappa shape index (κ3) is 36.9. The summed E-state index contributed by atoms with van der Waals surface area (Å²) in [6.07, 6.45) is 45.7. The molecule has 0 amide bonds. The Morgan fingerprint density at radius 1 is 0.554 bits per heavy atom. The van der Waals surface area contributed by atoms with Gasteiger partial charge in [-0.1, -0.05) is 165 Å². The van der Waals surface area contributed by atoms with Gasteiger partial charge in [0.2, 0.25) is 0 Å². The van der Waals surface area contributed by atoms with E-state index in [0.29, 0.717) is 12.8 Å². The average molecular weight is 788 g/mol. The molecule has 0 aliphatic rings. The quantitative estimate of drug-likeness (QED) is 0.0264. The molecule has 2 unspecified atom stereocenters. The molecule has 0 saturated heterocycles. The van der Waals surface area contributed by atoms with Gasteiger partial charge in [-0.2, -0.15) is 0 Å². The van der Waals surface area contributed by atoms with E-state index in [1.54, 1.807) is 21.1 Å². The van der Waals surface area contributed by atoms with Crippen LogP contribution in [0.1, 0.15) is 187 Å². The minimum atomic E-state index is -1.13. The summed E-state index contributed by atoms with van der Waals surface area (Å²) in [5.41, 5.74) is 0. The number of likely N-dealkylation sites (N-methyl/N-ethyl adjacent to an activating group) is 1. The molecule has 8 heteroatoms. The van der Waals surface area contributed by atoms with Crippen molar-refractivity contribution in [3.8, 4) is 0 Å². The summed E-state index contributed by atoms with van der Waals surface area (Å²) in [6.45, 7) is 4.53. The van der Waals surface area contributed by atoms with E-state index < -0.39 is 18.1 Å². The lowest BCUT2D eigenvalue weighted by Gasteiger charge is -2.34. The fraction of sp³-hybridized carbons (Fsp3) is 0.771. The summed E-state index contributed by atoms with van der Waals surface area (Å²) in [5.74, 6) is -1.74. The second-order valence-electron chi connectivity index (χ2n) is 16.3. The van der Waals surface area contributed by atoms with Crippen LogP contribution in [0.15, 0.2) is 48.6 Å². The first-order chi connectivity index (χ1) is 27.1. The van der Waals surface area contributed by atoms with E-state index in [-0.39, 0.29) is 42.7 Å². The van der Waals surface area contributed by atoms with Gasteiger partial charge in [0, 0.05) is 19.3 Å². The lowest BCUT2D eigenvalue weighted by Crippen LogP contribution is -2.55. The third-order valence-corrected chi connectivity index (χ3v) is 9.98. The molecule has 0 heterocycles. The van der Waals surface area contributed by atoms with Crippen LogP contribution < -0.4 is 5.11 Å². The molecule has 56 heavy (non-hydrogen) atoms. The van der Waals surface area contributed by atoms with Crippen LogP contribution in [0.2, 0.25) is 0 Å². The van der Waals surface area contributed by atoms with Crippen molar-refractivity contribution < 1.29 is 38.2 Å². The van der Waals surface area contributed by atoms with Gasteiger partial charge in [-0.25, -0.2) is 0 Å². The highest BCUT2D eigenvalue weighted by molar-refractivity contribution is 5.70.